The van der Waals surface area contributed by atoms with Crippen LogP contribution in [0.4, 0.5) is 4.39 Å². The van der Waals surface area contributed by atoms with Crippen molar-refractivity contribution in [2.75, 3.05) is 26.7 Å². The van der Waals surface area contributed by atoms with Crippen LogP contribution < -0.4 is 5.32 Å². The first-order valence-corrected chi connectivity index (χ1v) is 8.44. The third-order valence-electron chi connectivity index (χ3n) is 4.36. The van der Waals surface area contributed by atoms with E-state index in [9.17, 15) is 23.6 Å². The van der Waals surface area contributed by atoms with E-state index < -0.39 is 35.7 Å². The minimum absolute atomic E-state index is 0.0609. The Hall–Kier alpha value is -2.97. The number of nitrogens with zero attached hydrogens (tertiary/aromatic N) is 2. The molecule has 1 fully saturated rings. The molecule has 27 heavy (non-hydrogen) atoms. The number of piperazine rings is 1. The molecule has 1 saturated heterocycles. The fourth-order valence-electron chi connectivity index (χ4n) is 2.92. The van der Waals surface area contributed by atoms with Crippen molar-refractivity contribution >= 4 is 23.7 Å². The summed E-state index contributed by atoms with van der Waals surface area (Å²) in [5, 5.41) is 2.49. The van der Waals surface area contributed by atoms with E-state index >= 15 is 0 Å². The Morgan fingerprint density at radius 1 is 1.26 bits per heavy atom. The molecule has 0 aliphatic carbocycles. The third kappa shape index (κ3) is 4.81. The number of hydrogen-bond donors (Lipinski definition) is 1. The number of esters is 1. The number of carbonyl (C=O) groups is 4. The minimum Gasteiger partial charge on any atom is -0.467 e. The quantitative estimate of drug-likeness (QED) is 0.753. The molecular formula is C18H22FN3O5. The number of benzene rings is 1. The Kier molecular flexibility index (Phi) is 6.49. The van der Waals surface area contributed by atoms with Gasteiger partial charge >= 0.3 is 5.97 Å². The number of amides is 3. The van der Waals surface area contributed by atoms with Crippen molar-refractivity contribution in [2.24, 2.45) is 0 Å². The predicted octanol–water partition coefficient (Wildman–Crippen LogP) is 0.176. The second-order valence-corrected chi connectivity index (χ2v) is 6.24. The largest absolute Gasteiger partial charge is 0.467 e. The molecule has 1 N–H and O–H groups in total. The fourth-order valence-corrected chi connectivity index (χ4v) is 2.92. The van der Waals surface area contributed by atoms with Crippen LogP contribution in [0.25, 0.3) is 0 Å². The van der Waals surface area contributed by atoms with Gasteiger partial charge in [0.1, 0.15) is 17.9 Å². The summed E-state index contributed by atoms with van der Waals surface area (Å²) < 4.78 is 18.0. The van der Waals surface area contributed by atoms with Crippen LogP contribution >= 0.6 is 0 Å². The molecule has 0 radical (unpaired) electrons. The molecule has 2 atom stereocenters. The number of ether oxygens (including phenoxy) is 1. The van der Waals surface area contributed by atoms with Crippen molar-refractivity contribution in [3.8, 4) is 0 Å². The van der Waals surface area contributed by atoms with E-state index in [1.807, 2.05) is 0 Å². The van der Waals surface area contributed by atoms with Gasteiger partial charge in [-0.3, -0.25) is 14.4 Å². The highest BCUT2D eigenvalue weighted by Gasteiger charge is 2.37. The molecule has 1 aromatic carbocycles. The van der Waals surface area contributed by atoms with E-state index in [-0.39, 0.29) is 31.1 Å². The van der Waals surface area contributed by atoms with Gasteiger partial charge in [-0.1, -0.05) is 6.07 Å². The van der Waals surface area contributed by atoms with Gasteiger partial charge in [0.05, 0.1) is 13.7 Å². The van der Waals surface area contributed by atoms with E-state index in [1.165, 1.54) is 49.0 Å². The Balaban J connectivity index is 2.17. The van der Waals surface area contributed by atoms with Crippen LogP contribution in [0.5, 0.6) is 0 Å². The second kappa shape index (κ2) is 8.61. The number of halogens is 1. The van der Waals surface area contributed by atoms with Gasteiger partial charge < -0.3 is 19.9 Å². The van der Waals surface area contributed by atoms with Gasteiger partial charge in [-0.05, 0) is 25.1 Å². The van der Waals surface area contributed by atoms with E-state index in [0.717, 1.165) is 6.07 Å². The van der Waals surface area contributed by atoms with Crippen LogP contribution in [0.2, 0.25) is 0 Å². The van der Waals surface area contributed by atoms with Gasteiger partial charge in [-0.2, -0.15) is 0 Å². The molecule has 8 nitrogen and oxygen atoms in total. The molecular weight excluding hydrogens is 357 g/mol. The number of carbonyl (C=O) groups excluding carboxylic acids is 4. The average molecular weight is 379 g/mol. The summed E-state index contributed by atoms with van der Waals surface area (Å²) in [4.78, 5) is 51.3. The summed E-state index contributed by atoms with van der Waals surface area (Å²) in [7, 11) is 1.20. The van der Waals surface area contributed by atoms with Crippen LogP contribution in [0.3, 0.4) is 0 Å². The summed E-state index contributed by atoms with van der Waals surface area (Å²) >= 11 is 0. The Morgan fingerprint density at radius 3 is 2.56 bits per heavy atom. The van der Waals surface area contributed by atoms with Crippen LogP contribution in [-0.4, -0.2) is 72.3 Å². The Bertz CT molecular complexity index is 754. The van der Waals surface area contributed by atoms with Gasteiger partial charge in [0.25, 0.3) is 5.91 Å². The zero-order valence-corrected chi connectivity index (χ0v) is 15.4. The zero-order valence-electron chi connectivity index (χ0n) is 15.4. The third-order valence-corrected chi connectivity index (χ3v) is 4.36. The molecule has 1 aliphatic rings. The SMILES string of the molecule is COC(=O)C(C)NC(=O)C1CN(C(=O)c2cccc(F)c2)CCN1C(C)=O. The molecule has 146 valence electrons. The standard InChI is InChI=1S/C18H22FN3O5/c1-11(18(26)27-3)20-16(24)15-10-21(7-8-22(15)12(2)23)17(25)13-5-4-6-14(19)9-13/h4-6,9,11,15H,7-8,10H2,1-3H3,(H,20,24). The molecule has 1 heterocycles. The molecule has 2 rings (SSSR count). The lowest BCUT2D eigenvalue weighted by atomic mass is 10.1. The first-order chi connectivity index (χ1) is 12.7. The molecule has 0 aromatic heterocycles. The monoisotopic (exact) mass is 379 g/mol. The molecule has 0 bridgehead atoms. The van der Waals surface area contributed by atoms with Crippen LogP contribution in [0, 0.1) is 5.82 Å². The molecule has 3 amide bonds. The van der Waals surface area contributed by atoms with Crippen molar-refractivity contribution in [3.05, 3.63) is 35.6 Å². The topological polar surface area (TPSA) is 96.0 Å². The van der Waals surface area contributed by atoms with Gasteiger partial charge in [0, 0.05) is 25.6 Å². The summed E-state index contributed by atoms with van der Waals surface area (Å²) in [5.74, 6) is -2.49. The lowest BCUT2D eigenvalue weighted by Gasteiger charge is -2.40. The second-order valence-electron chi connectivity index (χ2n) is 6.24. The molecule has 0 spiro atoms. The van der Waals surface area contributed by atoms with Crippen molar-refractivity contribution in [3.63, 3.8) is 0 Å². The normalized spacial score (nSPS) is 17.9. The lowest BCUT2D eigenvalue weighted by Crippen LogP contribution is -2.62. The summed E-state index contributed by atoms with van der Waals surface area (Å²) in [6.07, 6.45) is 0. The van der Waals surface area contributed by atoms with E-state index in [4.69, 9.17) is 0 Å². The van der Waals surface area contributed by atoms with E-state index in [0.29, 0.717) is 0 Å². The van der Waals surface area contributed by atoms with Crippen molar-refractivity contribution < 1.29 is 28.3 Å². The molecule has 1 aromatic rings. The van der Waals surface area contributed by atoms with E-state index in [1.54, 1.807) is 0 Å². The Morgan fingerprint density at radius 2 is 1.96 bits per heavy atom. The van der Waals surface area contributed by atoms with Crippen LogP contribution in [-0.2, 0) is 19.1 Å². The van der Waals surface area contributed by atoms with Crippen molar-refractivity contribution in [2.45, 2.75) is 25.9 Å². The predicted molar refractivity (Wildman–Crippen MR) is 93.1 cm³/mol. The number of rotatable bonds is 4. The molecule has 1 aliphatic heterocycles. The first kappa shape index (κ1) is 20.3. The highest BCUT2D eigenvalue weighted by atomic mass is 19.1. The fraction of sp³-hybridized carbons (Fsp3) is 0.444. The smallest absolute Gasteiger partial charge is 0.328 e. The molecule has 2 unspecified atom stereocenters. The van der Waals surface area contributed by atoms with Gasteiger partial charge in [0.15, 0.2) is 0 Å². The van der Waals surface area contributed by atoms with E-state index in [2.05, 4.69) is 10.1 Å². The summed E-state index contributed by atoms with van der Waals surface area (Å²) in [6, 6.07) is 3.41. The minimum atomic E-state index is -0.958. The van der Waals surface area contributed by atoms with Crippen LogP contribution in [0.1, 0.15) is 24.2 Å². The van der Waals surface area contributed by atoms with Gasteiger partial charge in [0.2, 0.25) is 11.8 Å². The maximum atomic E-state index is 13.4. The molecule has 0 saturated carbocycles. The first-order valence-electron chi connectivity index (χ1n) is 8.44. The van der Waals surface area contributed by atoms with Crippen molar-refractivity contribution in [1.82, 2.24) is 15.1 Å². The van der Waals surface area contributed by atoms with Crippen molar-refractivity contribution in [1.29, 1.82) is 0 Å². The number of hydrogen-bond acceptors (Lipinski definition) is 5. The maximum Gasteiger partial charge on any atom is 0.328 e. The van der Waals surface area contributed by atoms with Crippen LogP contribution in [0.15, 0.2) is 24.3 Å². The summed E-state index contributed by atoms with van der Waals surface area (Å²) in [5.41, 5.74) is 0.161. The highest BCUT2D eigenvalue weighted by molar-refractivity contribution is 5.96. The number of nitrogens with one attached hydrogen (secondary N) is 1. The lowest BCUT2D eigenvalue weighted by molar-refractivity contribution is -0.147. The number of methoxy groups -OCH3 is 1. The maximum absolute atomic E-state index is 13.4. The average Bonchev–Trinajstić information content (AvgIpc) is 2.65. The highest BCUT2D eigenvalue weighted by Crippen LogP contribution is 2.15. The van der Waals surface area contributed by atoms with Gasteiger partial charge in [-0.15, -0.1) is 0 Å². The molecule has 9 heteroatoms. The zero-order chi connectivity index (χ0) is 20.1. The summed E-state index contributed by atoms with van der Waals surface area (Å²) in [6.45, 7) is 3.09. The van der Waals surface area contributed by atoms with Gasteiger partial charge in [-0.25, -0.2) is 9.18 Å². The Labute approximate surface area is 156 Å².